The summed E-state index contributed by atoms with van der Waals surface area (Å²) in [6.45, 7) is 6.16. The van der Waals surface area contributed by atoms with Crippen LogP contribution in [0.5, 0.6) is 17.2 Å². The smallest absolute Gasteiger partial charge is 0.165 e. The number of aromatic nitrogens is 2. The molecule has 31 heavy (non-hydrogen) atoms. The van der Waals surface area contributed by atoms with Crippen molar-refractivity contribution in [2.45, 2.75) is 51.6 Å². The summed E-state index contributed by atoms with van der Waals surface area (Å²) in [5.74, 6) is 4.49. The van der Waals surface area contributed by atoms with Crippen molar-refractivity contribution in [3.63, 3.8) is 0 Å². The van der Waals surface area contributed by atoms with E-state index in [0.717, 1.165) is 72.6 Å². The van der Waals surface area contributed by atoms with Crippen LogP contribution in [0.25, 0.3) is 0 Å². The first-order valence-corrected chi connectivity index (χ1v) is 11.4. The number of benzene rings is 1. The fourth-order valence-electron chi connectivity index (χ4n) is 5.08. The zero-order chi connectivity index (χ0) is 21.4. The molecule has 0 N–H and O–H groups in total. The van der Waals surface area contributed by atoms with Gasteiger partial charge in [-0.25, -0.2) is 9.97 Å². The first kappa shape index (κ1) is 20.4. The summed E-state index contributed by atoms with van der Waals surface area (Å²) in [6.07, 6.45) is 5.72. The molecule has 1 atom stereocenters. The molecule has 0 bridgehead atoms. The van der Waals surface area contributed by atoms with E-state index in [4.69, 9.17) is 24.2 Å². The molecule has 1 saturated heterocycles. The first-order valence-electron chi connectivity index (χ1n) is 11.4. The van der Waals surface area contributed by atoms with E-state index in [9.17, 15) is 0 Å². The van der Waals surface area contributed by atoms with Gasteiger partial charge in [0.2, 0.25) is 0 Å². The molecule has 3 aliphatic rings. The molecule has 5 rings (SSSR count). The fraction of sp³-hybridized carbons (Fsp3) is 0.583. The summed E-state index contributed by atoms with van der Waals surface area (Å²) >= 11 is 0. The summed E-state index contributed by atoms with van der Waals surface area (Å²) in [5.41, 5.74) is 3.56. The maximum Gasteiger partial charge on any atom is 0.165 e. The van der Waals surface area contributed by atoms with Crippen molar-refractivity contribution in [2.75, 3.05) is 45.4 Å². The minimum Gasteiger partial charge on any atom is -0.496 e. The Morgan fingerprint density at radius 1 is 1.06 bits per heavy atom. The van der Waals surface area contributed by atoms with Crippen LogP contribution in [0.2, 0.25) is 0 Å². The molecular weight excluding hydrogens is 392 g/mol. The number of hydrogen-bond acceptors (Lipinski definition) is 7. The zero-order valence-electron chi connectivity index (χ0n) is 18.8. The Morgan fingerprint density at radius 2 is 1.87 bits per heavy atom. The normalized spacial score (nSPS) is 21.0. The quantitative estimate of drug-likeness (QED) is 0.742. The number of likely N-dealkylation sites (tertiary alicyclic amines) is 1. The predicted molar refractivity (Wildman–Crippen MR) is 119 cm³/mol. The third-order valence-electron chi connectivity index (χ3n) is 6.72. The van der Waals surface area contributed by atoms with Crippen molar-refractivity contribution in [1.82, 2.24) is 14.9 Å². The maximum atomic E-state index is 5.82. The van der Waals surface area contributed by atoms with Gasteiger partial charge in [0.25, 0.3) is 0 Å². The molecule has 0 amide bonds. The van der Waals surface area contributed by atoms with Gasteiger partial charge in [-0.2, -0.15) is 0 Å². The number of fused-ring (bicyclic) bond motifs is 2. The lowest BCUT2D eigenvalue weighted by atomic mass is 9.98. The van der Waals surface area contributed by atoms with Crippen molar-refractivity contribution in [3.8, 4) is 17.2 Å². The number of aryl methyl sites for hydroxylation is 1. The minimum atomic E-state index is 0.214. The lowest BCUT2D eigenvalue weighted by molar-refractivity contribution is 0.131. The highest BCUT2D eigenvalue weighted by Crippen LogP contribution is 2.39. The van der Waals surface area contributed by atoms with Crippen LogP contribution in [-0.4, -0.2) is 55.3 Å². The Bertz CT molecular complexity index is 964. The van der Waals surface area contributed by atoms with Gasteiger partial charge in [-0.15, -0.1) is 0 Å². The van der Waals surface area contributed by atoms with Gasteiger partial charge in [-0.05, 0) is 45.2 Å². The lowest BCUT2D eigenvalue weighted by Gasteiger charge is -2.36. The van der Waals surface area contributed by atoms with Crippen molar-refractivity contribution < 1.29 is 14.2 Å². The molecule has 4 heterocycles. The largest absolute Gasteiger partial charge is 0.496 e. The van der Waals surface area contributed by atoms with Crippen molar-refractivity contribution in [2.24, 2.45) is 0 Å². The van der Waals surface area contributed by atoms with Gasteiger partial charge in [0.15, 0.2) is 11.5 Å². The Labute approximate surface area is 184 Å². The molecule has 166 valence electrons. The van der Waals surface area contributed by atoms with Gasteiger partial charge in [0, 0.05) is 43.0 Å². The molecule has 1 fully saturated rings. The van der Waals surface area contributed by atoms with Crippen LogP contribution in [0.3, 0.4) is 0 Å². The Hall–Kier alpha value is -2.54. The number of rotatable bonds is 4. The van der Waals surface area contributed by atoms with Crippen LogP contribution in [0.1, 0.15) is 54.4 Å². The Balaban J connectivity index is 1.46. The molecule has 3 aliphatic heterocycles. The van der Waals surface area contributed by atoms with Gasteiger partial charge < -0.3 is 19.1 Å². The predicted octanol–water partition coefficient (Wildman–Crippen LogP) is 3.67. The SMILES string of the molecule is COc1cc2c(cc1CN1CCCC[C@@H]1c1nc(C)c3c(n1)N(C)CCC3)OCCO2. The first-order chi connectivity index (χ1) is 15.1. The number of hydrogen-bond donors (Lipinski definition) is 0. The van der Waals surface area contributed by atoms with E-state index in [0.29, 0.717) is 13.2 Å². The molecule has 0 unspecified atom stereocenters. The van der Waals surface area contributed by atoms with Crippen LogP contribution in [0, 0.1) is 6.92 Å². The van der Waals surface area contributed by atoms with E-state index in [1.54, 1.807) is 7.11 Å². The number of piperidine rings is 1. The van der Waals surface area contributed by atoms with E-state index in [1.165, 1.54) is 24.8 Å². The Morgan fingerprint density at radius 3 is 2.68 bits per heavy atom. The summed E-state index contributed by atoms with van der Waals surface area (Å²) in [6, 6.07) is 4.24. The van der Waals surface area contributed by atoms with Crippen LogP contribution in [0.4, 0.5) is 5.82 Å². The van der Waals surface area contributed by atoms with E-state index in [-0.39, 0.29) is 6.04 Å². The molecule has 7 heteroatoms. The monoisotopic (exact) mass is 424 g/mol. The number of anilines is 1. The maximum absolute atomic E-state index is 5.82. The average molecular weight is 425 g/mol. The number of methoxy groups -OCH3 is 1. The zero-order valence-corrected chi connectivity index (χ0v) is 18.8. The molecule has 2 aromatic rings. The van der Waals surface area contributed by atoms with Gasteiger partial charge in [0.1, 0.15) is 30.6 Å². The molecular formula is C24H32N4O3. The van der Waals surface area contributed by atoms with Crippen LogP contribution in [-0.2, 0) is 13.0 Å². The molecule has 1 aromatic carbocycles. The second kappa shape index (κ2) is 8.54. The third kappa shape index (κ3) is 3.91. The van der Waals surface area contributed by atoms with Gasteiger partial charge in [0.05, 0.1) is 13.2 Å². The van der Waals surface area contributed by atoms with E-state index < -0.39 is 0 Å². The minimum absolute atomic E-state index is 0.214. The molecule has 7 nitrogen and oxygen atoms in total. The van der Waals surface area contributed by atoms with Crippen molar-refractivity contribution in [1.29, 1.82) is 0 Å². The van der Waals surface area contributed by atoms with E-state index in [1.807, 2.05) is 6.07 Å². The third-order valence-corrected chi connectivity index (χ3v) is 6.72. The highest BCUT2D eigenvalue weighted by atomic mass is 16.6. The molecule has 1 aromatic heterocycles. The average Bonchev–Trinajstić information content (AvgIpc) is 2.79. The van der Waals surface area contributed by atoms with Crippen LogP contribution < -0.4 is 19.1 Å². The number of ether oxygens (including phenoxy) is 3. The standard InChI is InChI=1S/C24H32N4O3/c1-16-18-7-6-9-27(2)24(18)26-23(25-16)19-8-4-5-10-28(19)15-17-13-21-22(14-20(17)29-3)31-12-11-30-21/h13-14,19H,4-12,15H2,1-3H3/t19-/m1/s1. The molecule has 0 radical (unpaired) electrons. The Kier molecular flexibility index (Phi) is 5.61. The van der Waals surface area contributed by atoms with E-state index >= 15 is 0 Å². The second-order valence-corrected chi connectivity index (χ2v) is 8.78. The second-order valence-electron chi connectivity index (χ2n) is 8.78. The highest BCUT2D eigenvalue weighted by molar-refractivity contribution is 5.52. The molecule has 0 saturated carbocycles. The van der Waals surface area contributed by atoms with Gasteiger partial charge in [-0.1, -0.05) is 6.42 Å². The summed E-state index contributed by atoms with van der Waals surface area (Å²) in [5, 5.41) is 0. The highest BCUT2D eigenvalue weighted by Gasteiger charge is 2.30. The van der Waals surface area contributed by atoms with Crippen LogP contribution >= 0.6 is 0 Å². The van der Waals surface area contributed by atoms with Crippen molar-refractivity contribution in [3.05, 3.63) is 34.8 Å². The fourth-order valence-corrected chi connectivity index (χ4v) is 5.08. The van der Waals surface area contributed by atoms with Crippen LogP contribution in [0.15, 0.2) is 12.1 Å². The summed E-state index contributed by atoms with van der Waals surface area (Å²) < 4.78 is 17.3. The molecule has 0 aliphatic carbocycles. The number of nitrogens with zero attached hydrogens (tertiary/aromatic N) is 4. The van der Waals surface area contributed by atoms with Gasteiger partial charge in [-0.3, -0.25) is 4.90 Å². The van der Waals surface area contributed by atoms with Gasteiger partial charge >= 0.3 is 0 Å². The topological polar surface area (TPSA) is 60.0 Å². The van der Waals surface area contributed by atoms with E-state index in [2.05, 4.69) is 29.8 Å². The lowest BCUT2D eigenvalue weighted by Crippen LogP contribution is -2.35. The molecule has 0 spiro atoms. The summed E-state index contributed by atoms with van der Waals surface area (Å²) in [4.78, 5) is 14.9. The summed E-state index contributed by atoms with van der Waals surface area (Å²) in [7, 11) is 3.86. The van der Waals surface area contributed by atoms with Crippen molar-refractivity contribution >= 4 is 5.82 Å².